The second kappa shape index (κ2) is 5.12. The molecule has 0 fully saturated rings. The number of nitrogens with zero attached hydrogens (tertiary/aromatic N) is 2. The van der Waals surface area contributed by atoms with E-state index in [9.17, 15) is 0 Å². The summed E-state index contributed by atoms with van der Waals surface area (Å²) in [7, 11) is 1.92. The molecule has 14 heavy (non-hydrogen) atoms. The normalized spacial score (nSPS) is 13.5. The van der Waals surface area contributed by atoms with Gasteiger partial charge in [-0.05, 0) is 5.92 Å². The van der Waals surface area contributed by atoms with Crippen molar-refractivity contribution >= 4 is 0 Å². The lowest BCUT2D eigenvalue weighted by Crippen LogP contribution is -2.33. The van der Waals surface area contributed by atoms with Crippen molar-refractivity contribution in [1.29, 1.82) is 0 Å². The van der Waals surface area contributed by atoms with Crippen LogP contribution in [-0.4, -0.2) is 9.78 Å². The molecule has 4 nitrogen and oxygen atoms in total. The Morgan fingerprint density at radius 1 is 1.50 bits per heavy atom. The molecule has 4 heteroatoms. The minimum atomic E-state index is 0.221. The third kappa shape index (κ3) is 2.33. The number of hydrazine groups is 1. The van der Waals surface area contributed by atoms with Crippen molar-refractivity contribution in [1.82, 2.24) is 15.2 Å². The van der Waals surface area contributed by atoms with Crippen molar-refractivity contribution in [2.24, 2.45) is 18.8 Å². The van der Waals surface area contributed by atoms with E-state index in [1.165, 1.54) is 5.56 Å². The van der Waals surface area contributed by atoms with Crippen LogP contribution in [0.5, 0.6) is 0 Å². The van der Waals surface area contributed by atoms with Gasteiger partial charge in [-0.3, -0.25) is 16.0 Å². The lowest BCUT2D eigenvalue weighted by Gasteiger charge is -2.23. The molecule has 1 aromatic heterocycles. The van der Waals surface area contributed by atoms with Crippen molar-refractivity contribution < 1.29 is 0 Å². The van der Waals surface area contributed by atoms with E-state index < -0.39 is 0 Å². The van der Waals surface area contributed by atoms with E-state index in [-0.39, 0.29) is 6.04 Å². The SMILES string of the molecule is CCC(CC)C(NN)c1cnn(C)c1. The molecule has 1 atom stereocenters. The van der Waals surface area contributed by atoms with E-state index in [2.05, 4.69) is 24.4 Å². The molecule has 0 saturated carbocycles. The fourth-order valence-corrected chi connectivity index (χ4v) is 1.87. The predicted molar refractivity (Wildman–Crippen MR) is 57.3 cm³/mol. The van der Waals surface area contributed by atoms with Gasteiger partial charge in [-0.15, -0.1) is 0 Å². The quantitative estimate of drug-likeness (QED) is 0.552. The van der Waals surface area contributed by atoms with E-state index in [0.717, 1.165) is 12.8 Å². The summed E-state index contributed by atoms with van der Waals surface area (Å²) in [5, 5.41) is 4.16. The van der Waals surface area contributed by atoms with Gasteiger partial charge in [0.05, 0.1) is 12.2 Å². The zero-order valence-electron chi connectivity index (χ0n) is 9.20. The van der Waals surface area contributed by atoms with Gasteiger partial charge < -0.3 is 0 Å². The number of aryl methyl sites for hydroxylation is 1. The molecule has 0 aliphatic carbocycles. The van der Waals surface area contributed by atoms with E-state index in [1.807, 2.05) is 24.1 Å². The zero-order chi connectivity index (χ0) is 10.6. The van der Waals surface area contributed by atoms with Gasteiger partial charge in [0.2, 0.25) is 0 Å². The van der Waals surface area contributed by atoms with Gasteiger partial charge in [-0.1, -0.05) is 26.7 Å². The molecule has 0 aromatic carbocycles. The van der Waals surface area contributed by atoms with Crippen LogP contribution in [0.15, 0.2) is 12.4 Å². The van der Waals surface area contributed by atoms with Gasteiger partial charge in [0.25, 0.3) is 0 Å². The number of aromatic nitrogens is 2. The predicted octanol–water partition coefficient (Wildman–Crippen LogP) is 1.36. The molecular weight excluding hydrogens is 176 g/mol. The lowest BCUT2D eigenvalue weighted by molar-refractivity contribution is 0.345. The number of nitrogens with two attached hydrogens (primary N) is 1. The summed E-state index contributed by atoms with van der Waals surface area (Å²) in [6.45, 7) is 4.38. The maximum Gasteiger partial charge on any atom is 0.0538 e. The van der Waals surface area contributed by atoms with E-state index in [4.69, 9.17) is 5.84 Å². The Kier molecular flexibility index (Phi) is 4.10. The molecule has 0 radical (unpaired) electrons. The summed E-state index contributed by atoms with van der Waals surface area (Å²) < 4.78 is 1.81. The van der Waals surface area contributed by atoms with Crippen LogP contribution in [0.25, 0.3) is 0 Å². The summed E-state index contributed by atoms with van der Waals surface area (Å²) in [6, 6.07) is 0.221. The summed E-state index contributed by atoms with van der Waals surface area (Å²) in [4.78, 5) is 0. The second-order valence-electron chi connectivity index (χ2n) is 3.67. The minimum absolute atomic E-state index is 0.221. The Labute approximate surface area is 85.5 Å². The van der Waals surface area contributed by atoms with Crippen molar-refractivity contribution in [2.75, 3.05) is 0 Å². The highest BCUT2D eigenvalue weighted by atomic mass is 15.3. The Morgan fingerprint density at radius 3 is 2.50 bits per heavy atom. The van der Waals surface area contributed by atoms with Crippen molar-refractivity contribution in [3.63, 3.8) is 0 Å². The van der Waals surface area contributed by atoms with Crippen LogP contribution in [0.3, 0.4) is 0 Å². The number of rotatable bonds is 5. The van der Waals surface area contributed by atoms with Crippen LogP contribution in [-0.2, 0) is 7.05 Å². The lowest BCUT2D eigenvalue weighted by atomic mass is 9.91. The fourth-order valence-electron chi connectivity index (χ4n) is 1.87. The maximum atomic E-state index is 5.58. The van der Waals surface area contributed by atoms with Crippen molar-refractivity contribution in [3.8, 4) is 0 Å². The monoisotopic (exact) mass is 196 g/mol. The minimum Gasteiger partial charge on any atom is -0.275 e. The van der Waals surface area contributed by atoms with Crippen LogP contribution >= 0.6 is 0 Å². The highest BCUT2D eigenvalue weighted by Crippen LogP contribution is 2.25. The van der Waals surface area contributed by atoms with Crippen LogP contribution in [0.1, 0.15) is 38.3 Å². The van der Waals surface area contributed by atoms with Gasteiger partial charge in [0, 0.05) is 18.8 Å². The molecule has 0 saturated heterocycles. The standard InChI is InChI=1S/C10H20N4/c1-4-8(5-2)10(13-11)9-6-12-14(3)7-9/h6-8,10,13H,4-5,11H2,1-3H3. The Hall–Kier alpha value is -0.870. The molecule has 1 rings (SSSR count). The molecule has 0 spiro atoms. The molecule has 1 aromatic rings. The van der Waals surface area contributed by atoms with Crippen molar-refractivity contribution in [3.05, 3.63) is 18.0 Å². The summed E-state index contributed by atoms with van der Waals surface area (Å²) in [5.41, 5.74) is 4.05. The zero-order valence-corrected chi connectivity index (χ0v) is 9.20. The van der Waals surface area contributed by atoms with Crippen molar-refractivity contribution in [2.45, 2.75) is 32.7 Å². The first kappa shape index (κ1) is 11.2. The second-order valence-corrected chi connectivity index (χ2v) is 3.67. The number of nitrogens with one attached hydrogen (secondary N) is 1. The van der Waals surface area contributed by atoms with Gasteiger partial charge in [-0.25, -0.2) is 0 Å². The van der Waals surface area contributed by atoms with Gasteiger partial charge in [-0.2, -0.15) is 5.10 Å². The smallest absolute Gasteiger partial charge is 0.0538 e. The molecule has 80 valence electrons. The first-order valence-electron chi connectivity index (χ1n) is 5.17. The third-order valence-corrected chi connectivity index (χ3v) is 2.78. The average Bonchev–Trinajstić information content (AvgIpc) is 2.60. The highest BCUT2D eigenvalue weighted by Gasteiger charge is 2.19. The average molecular weight is 196 g/mol. The molecular formula is C10H20N4. The van der Waals surface area contributed by atoms with Gasteiger partial charge >= 0.3 is 0 Å². The molecule has 0 aliphatic heterocycles. The maximum absolute atomic E-state index is 5.58. The van der Waals surface area contributed by atoms with E-state index in [1.54, 1.807) is 0 Å². The highest BCUT2D eigenvalue weighted by molar-refractivity contribution is 5.11. The topological polar surface area (TPSA) is 55.9 Å². The number of hydrogen-bond acceptors (Lipinski definition) is 3. The van der Waals surface area contributed by atoms with Crippen LogP contribution in [0, 0.1) is 5.92 Å². The Balaban J connectivity index is 2.80. The molecule has 3 N–H and O–H groups in total. The molecule has 0 aliphatic rings. The molecule has 1 unspecified atom stereocenters. The first-order valence-corrected chi connectivity index (χ1v) is 5.17. The summed E-state index contributed by atoms with van der Waals surface area (Å²) >= 11 is 0. The number of hydrogen-bond donors (Lipinski definition) is 2. The molecule has 0 bridgehead atoms. The molecule has 1 heterocycles. The summed E-state index contributed by atoms with van der Waals surface area (Å²) in [6.07, 6.45) is 6.15. The third-order valence-electron chi connectivity index (χ3n) is 2.78. The van der Waals surface area contributed by atoms with Crippen LogP contribution in [0.4, 0.5) is 0 Å². The molecule has 0 amide bonds. The van der Waals surface area contributed by atoms with E-state index >= 15 is 0 Å². The fraction of sp³-hybridized carbons (Fsp3) is 0.700. The van der Waals surface area contributed by atoms with Gasteiger partial charge in [0.15, 0.2) is 0 Å². The van der Waals surface area contributed by atoms with Crippen LogP contribution in [0.2, 0.25) is 0 Å². The van der Waals surface area contributed by atoms with E-state index in [0.29, 0.717) is 5.92 Å². The van der Waals surface area contributed by atoms with Gasteiger partial charge in [0.1, 0.15) is 0 Å². The van der Waals surface area contributed by atoms with Crippen LogP contribution < -0.4 is 11.3 Å². The largest absolute Gasteiger partial charge is 0.275 e. The Bertz CT molecular complexity index is 265. The first-order chi connectivity index (χ1) is 6.72. The summed E-state index contributed by atoms with van der Waals surface area (Å²) in [5.74, 6) is 6.15. The Morgan fingerprint density at radius 2 is 2.14 bits per heavy atom.